The molecule has 0 fully saturated rings. The first-order chi connectivity index (χ1) is 6.51. The summed E-state index contributed by atoms with van der Waals surface area (Å²) in [5, 5.41) is 0. The van der Waals surface area contributed by atoms with Gasteiger partial charge in [0.15, 0.2) is 0 Å². The minimum Gasteiger partial charge on any atom is -0.303 e. The Bertz CT molecular complexity index is 171. The summed E-state index contributed by atoms with van der Waals surface area (Å²) in [5.74, 6) is 0. The molecule has 1 unspecified atom stereocenters. The van der Waals surface area contributed by atoms with Crippen LogP contribution in [0, 0.1) is 10.8 Å². The summed E-state index contributed by atoms with van der Waals surface area (Å²) in [6.45, 7) is 17.4. The Balaban J connectivity index is 3.95. The summed E-state index contributed by atoms with van der Waals surface area (Å²) in [5.41, 5.74) is 0.877. The van der Waals surface area contributed by atoms with Gasteiger partial charge in [-0.3, -0.25) is 0 Å². The van der Waals surface area contributed by atoms with Crippen molar-refractivity contribution >= 4 is 0 Å². The number of hydrogen-bond donors (Lipinski definition) is 0. The van der Waals surface area contributed by atoms with Gasteiger partial charge < -0.3 is 4.90 Å². The third-order valence-electron chi connectivity index (χ3n) is 2.79. The minimum absolute atomic E-state index is 0.407. The lowest BCUT2D eigenvalue weighted by Crippen LogP contribution is -2.36. The van der Waals surface area contributed by atoms with Crippen molar-refractivity contribution in [3.8, 4) is 0 Å². The van der Waals surface area contributed by atoms with Crippen LogP contribution >= 0.6 is 0 Å². The monoisotopic (exact) mass is 213 g/mol. The van der Waals surface area contributed by atoms with Gasteiger partial charge in [0.2, 0.25) is 0 Å². The Labute approximate surface area is 97.2 Å². The average Bonchev–Trinajstić information content (AvgIpc) is 1.95. The van der Waals surface area contributed by atoms with Crippen molar-refractivity contribution in [2.24, 2.45) is 10.8 Å². The van der Waals surface area contributed by atoms with E-state index in [2.05, 4.69) is 60.4 Å². The van der Waals surface area contributed by atoms with Crippen LogP contribution in [0.5, 0.6) is 0 Å². The lowest BCUT2D eigenvalue weighted by Gasteiger charge is -2.32. The third-order valence-corrected chi connectivity index (χ3v) is 2.79. The van der Waals surface area contributed by atoms with E-state index in [9.17, 15) is 0 Å². The van der Waals surface area contributed by atoms with Crippen LogP contribution in [0.2, 0.25) is 0 Å². The molecule has 1 nitrogen and oxygen atoms in total. The molecule has 0 N–H and O–H groups in total. The molecule has 92 valence electrons. The van der Waals surface area contributed by atoms with Crippen molar-refractivity contribution in [2.75, 3.05) is 13.6 Å². The lowest BCUT2D eigenvalue weighted by molar-refractivity contribution is 0.162. The van der Waals surface area contributed by atoms with Gasteiger partial charge in [-0.25, -0.2) is 0 Å². The van der Waals surface area contributed by atoms with Gasteiger partial charge in [0.1, 0.15) is 0 Å². The maximum Gasteiger partial charge on any atom is 0.00643 e. The molecule has 0 aliphatic heterocycles. The highest BCUT2D eigenvalue weighted by molar-refractivity contribution is 4.73. The molecule has 0 saturated heterocycles. The minimum atomic E-state index is 0.407. The Morgan fingerprint density at radius 2 is 1.40 bits per heavy atom. The van der Waals surface area contributed by atoms with Crippen molar-refractivity contribution in [2.45, 2.75) is 67.3 Å². The molecule has 0 saturated carbocycles. The Kier molecular flexibility index (Phi) is 5.32. The average molecular weight is 213 g/mol. The normalized spacial score (nSPS) is 15.8. The molecule has 0 heterocycles. The van der Waals surface area contributed by atoms with Crippen molar-refractivity contribution in [1.82, 2.24) is 4.90 Å². The molecule has 0 aromatic carbocycles. The quantitative estimate of drug-likeness (QED) is 0.677. The van der Waals surface area contributed by atoms with Gasteiger partial charge in [-0.2, -0.15) is 0 Å². The molecule has 0 aliphatic rings. The zero-order valence-electron chi connectivity index (χ0n) is 12.1. The number of rotatable bonds is 4. The Morgan fingerprint density at radius 3 is 1.73 bits per heavy atom. The number of nitrogens with zero attached hydrogens (tertiary/aromatic N) is 1. The fraction of sp³-hybridized carbons (Fsp3) is 1.00. The van der Waals surface area contributed by atoms with Crippen LogP contribution in [0.15, 0.2) is 0 Å². The van der Waals surface area contributed by atoms with E-state index in [1.807, 2.05) is 0 Å². The molecule has 0 aliphatic carbocycles. The van der Waals surface area contributed by atoms with E-state index in [1.165, 1.54) is 19.4 Å². The molecule has 0 amide bonds. The Hall–Kier alpha value is -0.0400. The second kappa shape index (κ2) is 5.34. The van der Waals surface area contributed by atoms with E-state index in [4.69, 9.17) is 0 Å². The highest BCUT2D eigenvalue weighted by atomic mass is 15.1. The topological polar surface area (TPSA) is 3.24 Å². The highest BCUT2D eigenvalue weighted by Gasteiger charge is 2.19. The third kappa shape index (κ3) is 8.92. The first-order valence-corrected chi connectivity index (χ1v) is 6.21. The molecule has 15 heavy (non-hydrogen) atoms. The molecule has 0 radical (unpaired) electrons. The molecule has 0 rings (SSSR count). The van der Waals surface area contributed by atoms with Crippen LogP contribution in [-0.2, 0) is 0 Å². The van der Waals surface area contributed by atoms with Gasteiger partial charge in [0, 0.05) is 12.6 Å². The van der Waals surface area contributed by atoms with Gasteiger partial charge in [-0.05, 0) is 37.6 Å². The molecule has 0 spiro atoms. The van der Waals surface area contributed by atoms with E-state index in [-0.39, 0.29) is 0 Å². The molecular weight excluding hydrogens is 182 g/mol. The summed E-state index contributed by atoms with van der Waals surface area (Å²) < 4.78 is 0. The summed E-state index contributed by atoms with van der Waals surface area (Å²) in [6.07, 6.45) is 2.61. The first-order valence-electron chi connectivity index (χ1n) is 6.21. The Morgan fingerprint density at radius 1 is 0.933 bits per heavy atom. The van der Waals surface area contributed by atoms with Crippen LogP contribution in [-0.4, -0.2) is 24.5 Å². The van der Waals surface area contributed by atoms with Crippen molar-refractivity contribution < 1.29 is 0 Å². The molecule has 0 bridgehead atoms. The molecule has 0 aromatic heterocycles. The highest BCUT2D eigenvalue weighted by Crippen LogP contribution is 2.24. The van der Waals surface area contributed by atoms with E-state index < -0.39 is 0 Å². The molecule has 1 atom stereocenters. The van der Waals surface area contributed by atoms with Crippen LogP contribution in [0.25, 0.3) is 0 Å². The maximum atomic E-state index is 2.49. The standard InChI is InChI=1S/C14H31N/c1-12(9-10-13(2,3)4)15(8)11-14(5,6)7/h12H,9-11H2,1-8H3. The fourth-order valence-corrected chi connectivity index (χ4v) is 1.77. The smallest absolute Gasteiger partial charge is 0.00643 e. The zero-order valence-corrected chi connectivity index (χ0v) is 12.1. The SMILES string of the molecule is CC(CCC(C)(C)C)N(C)CC(C)(C)C. The van der Waals surface area contributed by atoms with Crippen molar-refractivity contribution in [1.29, 1.82) is 0 Å². The van der Waals surface area contributed by atoms with Crippen LogP contribution in [0.3, 0.4) is 0 Å². The number of hydrogen-bond acceptors (Lipinski definition) is 1. The van der Waals surface area contributed by atoms with Gasteiger partial charge in [-0.15, -0.1) is 0 Å². The zero-order chi connectivity index (χ0) is 12.3. The van der Waals surface area contributed by atoms with Crippen molar-refractivity contribution in [3.63, 3.8) is 0 Å². The van der Waals surface area contributed by atoms with Crippen LogP contribution < -0.4 is 0 Å². The van der Waals surface area contributed by atoms with E-state index in [0.717, 1.165) is 0 Å². The first kappa shape index (κ1) is 15.0. The lowest BCUT2D eigenvalue weighted by atomic mass is 9.88. The second-order valence-corrected chi connectivity index (χ2v) is 7.42. The maximum absolute atomic E-state index is 2.49. The van der Waals surface area contributed by atoms with Crippen LogP contribution in [0.4, 0.5) is 0 Å². The van der Waals surface area contributed by atoms with Crippen molar-refractivity contribution in [3.05, 3.63) is 0 Å². The summed E-state index contributed by atoms with van der Waals surface area (Å²) in [4.78, 5) is 2.49. The predicted molar refractivity (Wildman–Crippen MR) is 70.2 cm³/mol. The summed E-state index contributed by atoms with van der Waals surface area (Å²) in [7, 11) is 2.25. The van der Waals surface area contributed by atoms with E-state index >= 15 is 0 Å². The second-order valence-electron chi connectivity index (χ2n) is 7.42. The van der Waals surface area contributed by atoms with Gasteiger partial charge in [-0.1, -0.05) is 41.5 Å². The van der Waals surface area contributed by atoms with Crippen LogP contribution in [0.1, 0.15) is 61.3 Å². The van der Waals surface area contributed by atoms with Gasteiger partial charge in [0.25, 0.3) is 0 Å². The fourth-order valence-electron chi connectivity index (χ4n) is 1.77. The largest absolute Gasteiger partial charge is 0.303 e. The van der Waals surface area contributed by atoms with Gasteiger partial charge >= 0.3 is 0 Å². The van der Waals surface area contributed by atoms with E-state index in [0.29, 0.717) is 16.9 Å². The molecule has 0 aromatic rings. The van der Waals surface area contributed by atoms with Gasteiger partial charge in [0.05, 0.1) is 0 Å². The van der Waals surface area contributed by atoms with E-state index in [1.54, 1.807) is 0 Å². The summed E-state index contributed by atoms with van der Waals surface area (Å²) in [6, 6.07) is 0.698. The predicted octanol–water partition coefficient (Wildman–Crippen LogP) is 4.18. The summed E-state index contributed by atoms with van der Waals surface area (Å²) >= 11 is 0. The molecular formula is C14H31N. The molecule has 1 heteroatoms.